The molecule has 0 spiro atoms. The van der Waals surface area contributed by atoms with Crippen LogP contribution in [0.3, 0.4) is 0 Å². The van der Waals surface area contributed by atoms with E-state index in [1.54, 1.807) is 7.11 Å². The Hall–Kier alpha value is -2.42. The fourth-order valence-corrected chi connectivity index (χ4v) is 3.01. The van der Waals surface area contributed by atoms with Crippen molar-refractivity contribution in [2.24, 2.45) is 5.41 Å². The predicted molar refractivity (Wildman–Crippen MR) is 131 cm³/mol. The minimum absolute atomic E-state index is 0.00406. The Morgan fingerprint density at radius 3 is 2.23 bits per heavy atom. The lowest BCUT2D eigenvalue weighted by atomic mass is 9.91. The van der Waals surface area contributed by atoms with E-state index in [1.807, 2.05) is 38.1 Å². The Kier molecular flexibility index (Phi) is 11.1. The predicted octanol–water partition coefficient (Wildman–Crippen LogP) is 7.66. The molecular weight excluding hydrogens is 370 g/mol. The zero-order chi connectivity index (χ0) is 22.6. The van der Waals surface area contributed by atoms with Crippen LogP contribution in [0.1, 0.15) is 65.5 Å². The first kappa shape index (κ1) is 25.6. The molecule has 3 nitrogen and oxygen atoms in total. The van der Waals surface area contributed by atoms with Crippen LogP contribution in [0, 0.1) is 5.41 Å². The molecule has 0 heterocycles. The molecule has 2 aromatic carbocycles. The van der Waals surface area contributed by atoms with Crippen molar-refractivity contribution in [1.29, 1.82) is 0 Å². The van der Waals surface area contributed by atoms with Gasteiger partial charge in [-0.2, -0.15) is 0 Å². The average Bonchev–Trinajstić information content (AvgIpc) is 2.75. The molecule has 0 saturated carbocycles. The lowest BCUT2D eigenvalue weighted by molar-refractivity contribution is 0.296. The fraction of sp³-hybridized carbons (Fsp3) is 0.481. The Balaban J connectivity index is 0.000000300. The highest BCUT2D eigenvalue weighted by molar-refractivity contribution is 5.47. The van der Waals surface area contributed by atoms with Crippen molar-refractivity contribution in [3.05, 3.63) is 65.9 Å². The smallest absolute Gasteiger partial charge is 0.127 e. The molecule has 0 aliphatic heterocycles. The third-order valence-corrected chi connectivity index (χ3v) is 4.85. The van der Waals surface area contributed by atoms with Crippen LogP contribution in [0.25, 0.3) is 0 Å². The molecular formula is C27H41NO2. The van der Waals surface area contributed by atoms with Gasteiger partial charge < -0.3 is 14.8 Å². The normalized spacial score (nSPS) is 12.2. The third-order valence-electron chi connectivity index (χ3n) is 4.85. The van der Waals surface area contributed by atoms with Gasteiger partial charge in [0.1, 0.15) is 17.3 Å². The van der Waals surface area contributed by atoms with E-state index in [-0.39, 0.29) is 5.41 Å². The van der Waals surface area contributed by atoms with Crippen LogP contribution in [-0.2, 0) is 12.8 Å². The number of allylic oxidation sites excluding steroid dienone is 1. The van der Waals surface area contributed by atoms with Crippen LogP contribution in [0.5, 0.6) is 11.5 Å². The van der Waals surface area contributed by atoms with Crippen molar-refractivity contribution in [3.63, 3.8) is 0 Å². The van der Waals surface area contributed by atoms with E-state index in [2.05, 4.69) is 57.8 Å². The minimum atomic E-state index is -0.00406. The molecule has 0 saturated heterocycles. The van der Waals surface area contributed by atoms with E-state index in [1.165, 1.54) is 36.8 Å². The van der Waals surface area contributed by atoms with Crippen molar-refractivity contribution < 1.29 is 9.47 Å². The van der Waals surface area contributed by atoms with Crippen LogP contribution in [0.2, 0.25) is 0 Å². The Morgan fingerprint density at radius 1 is 0.967 bits per heavy atom. The lowest BCUT2D eigenvalue weighted by Gasteiger charge is -2.23. The zero-order valence-electron chi connectivity index (χ0n) is 20.1. The standard InChI is InChI=1S/C16H22O.C9H13NO.C2H6/c1-12(16(2,3)4)17-15-10-9-13-7-5-6-8-14(13)11-15;1-3-10-8-5-4-6-9(7-8)11-2;1-2/h9-11H,1,5-8H2,2-4H3;4-7,10H,3H2,1-2H3;1-2H3. The Bertz CT molecular complexity index is 775. The molecule has 166 valence electrons. The van der Waals surface area contributed by atoms with E-state index >= 15 is 0 Å². The van der Waals surface area contributed by atoms with Crippen molar-refractivity contribution in [2.75, 3.05) is 19.0 Å². The molecule has 1 aliphatic rings. The largest absolute Gasteiger partial charge is 0.497 e. The quantitative estimate of drug-likeness (QED) is 0.512. The van der Waals surface area contributed by atoms with Gasteiger partial charge in [-0.05, 0) is 68.0 Å². The molecule has 0 amide bonds. The zero-order valence-corrected chi connectivity index (χ0v) is 20.1. The summed E-state index contributed by atoms with van der Waals surface area (Å²) in [7, 11) is 1.67. The summed E-state index contributed by atoms with van der Waals surface area (Å²) in [6.07, 6.45) is 5.03. The summed E-state index contributed by atoms with van der Waals surface area (Å²) < 4.78 is 10.9. The molecule has 0 fully saturated rings. The number of hydrogen-bond donors (Lipinski definition) is 1. The Labute approximate surface area is 184 Å². The van der Waals surface area contributed by atoms with Gasteiger partial charge in [0, 0.05) is 23.7 Å². The first-order valence-corrected chi connectivity index (χ1v) is 11.2. The van der Waals surface area contributed by atoms with Gasteiger partial charge in [-0.25, -0.2) is 0 Å². The van der Waals surface area contributed by atoms with Gasteiger partial charge in [0.05, 0.1) is 7.11 Å². The van der Waals surface area contributed by atoms with E-state index < -0.39 is 0 Å². The summed E-state index contributed by atoms with van der Waals surface area (Å²) in [5.74, 6) is 2.65. The summed E-state index contributed by atoms with van der Waals surface area (Å²) >= 11 is 0. The second-order valence-electron chi connectivity index (χ2n) is 8.18. The molecule has 0 unspecified atom stereocenters. The van der Waals surface area contributed by atoms with Crippen LogP contribution in [-0.4, -0.2) is 13.7 Å². The number of fused-ring (bicyclic) bond motifs is 1. The maximum Gasteiger partial charge on any atom is 0.127 e. The first-order valence-electron chi connectivity index (χ1n) is 11.2. The summed E-state index contributed by atoms with van der Waals surface area (Å²) in [4.78, 5) is 0. The monoisotopic (exact) mass is 411 g/mol. The van der Waals surface area contributed by atoms with Crippen molar-refractivity contribution in [3.8, 4) is 11.5 Å². The number of anilines is 1. The summed E-state index contributed by atoms with van der Waals surface area (Å²) in [5, 5.41) is 3.20. The third kappa shape index (κ3) is 8.52. The molecule has 0 radical (unpaired) electrons. The molecule has 1 N–H and O–H groups in total. The van der Waals surface area contributed by atoms with Gasteiger partial charge in [-0.3, -0.25) is 0 Å². The van der Waals surface area contributed by atoms with Gasteiger partial charge in [0.2, 0.25) is 0 Å². The fourth-order valence-electron chi connectivity index (χ4n) is 3.01. The van der Waals surface area contributed by atoms with Gasteiger partial charge >= 0.3 is 0 Å². The summed E-state index contributed by atoms with van der Waals surface area (Å²) in [6.45, 7) is 17.4. The number of benzene rings is 2. The van der Waals surface area contributed by atoms with E-state index in [0.29, 0.717) is 0 Å². The highest BCUT2D eigenvalue weighted by Crippen LogP contribution is 2.30. The first-order chi connectivity index (χ1) is 14.3. The molecule has 0 atom stereocenters. The second kappa shape index (κ2) is 13.0. The van der Waals surface area contributed by atoms with Gasteiger partial charge in [-0.15, -0.1) is 0 Å². The molecule has 3 heteroatoms. The summed E-state index contributed by atoms with van der Waals surface area (Å²) in [6, 6.07) is 14.4. The maximum absolute atomic E-state index is 5.85. The molecule has 2 aromatic rings. The van der Waals surface area contributed by atoms with E-state index in [0.717, 1.165) is 29.5 Å². The highest BCUT2D eigenvalue weighted by atomic mass is 16.5. The van der Waals surface area contributed by atoms with Crippen LogP contribution >= 0.6 is 0 Å². The van der Waals surface area contributed by atoms with Crippen molar-refractivity contribution in [2.45, 2.75) is 67.2 Å². The molecule has 1 aliphatic carbocycles. The Morgan fingerprint density at radius 2 is 1.63 bits per heavy atom. The number of methoxy groups -OCH3 is 1. The van der Waals surface area contributed by atoms with Gasteiger partial charge in [-0.1, -0.05) is 53.3 Å². The van der Waals surface area contributed by atoms with Gasteiger partial charge in [0.25, 0.3) is 0 Å². The number of rotatable bonds is 5. The minimum Gasteiger partial charge on any atom is -0.497 e. The molecule has 0 bridgehead atoms. The number of hydrogen-bond acceptors (Lipinski definition) is 3. The van der Waals surface area contributed by atoms with Crippen LogP contribution in [0.4, 0.5) is 5.69 Å². The van der Waals surface area contributed by atoms with Crippen molar-refractivity contribution >= 4 is 5.69 Å². The SMILES string of the molecule is C=C(Oc1ccc2c(c1)CCCC2)C(C)(C)C.CC.CCNc1cccc(OC)c1. The highest BCUT2D eigenvalue weighted by Gasteiger charge is 2.18. The molecule has 0 aromatic heterocycles. The molecule has 3 rings (SSSR count). The second-order valence-corrected chi connectivity index (χ2v) is 8.18. The number of nitrogens with one attached hydrogen (secondary N) is 1. The number of aryl methyl sites for hydroxylation is 2. The van der Waals surface area contributed by atoms with Crippen molar-refractivity contribution in [1.82, 2.24) is 0 Å². The van der Waals surface area contributed by atoms with E-state index in [4.69, 9.17) is 9.47 Å². The molecule has 30 heavy (non-hydrogen) atoms. The maximum atomic E-state index is 5.85. The topological polar surface area (TPSA) is 30.5 Å². The van der Waals surface area contributed by atoms with E-state index in [9.17, 15) is 0 Å². The lowest BCUT2D eigenvalue weighted by Crippen LogP contribution is -2.13. The average molecular weight is 412 g/mol. The van der Waals surface area contributed by atoms with Crippen LogP contribution in [0.15, 0.2) is 54.8 Å². The van der Waals surface area contributed by atoms with Crippen LogP contribution < -0.4 is 14.8 Å². The van der Waals surface area contributed by atoms with Gasteiger partial charge in [0.15, 0.2) is 0 Å². The number of ether oxygens (including phenoxy) is 2. The summed E-state index contributed by atoms with van der Waals surface area (Å²) in [5.41, 5.74) is 4.04.